The molecular formula is C20H17Cl2N3O2S. The molecule has 0 fully saturated rings. The quantitative estimate of drug-likeness (QED) is 0.548. The number of hydrogen-bond donors (Lipinski definition) is 2. The number of nitrogens with one attached hydrogen (secondary N) is 2. The first-order valence-electron chi connectivity index (χ1n) is 8.53. The lowest BCUT2D eigenvalue weighted by Crippen LogP contribution is -2.35. The van der Waals surface area contributed by atoms with Gasteiger partial charge in [-0.3, -0.25) is 9.59 Å². The molecule has 2 N–H and O–H groups in total. The van der Waals surface area contributed by atoms with Crippen molar-refractivity contribution < 1.29 is 9.59 Å². The zero-order chi connectivity index (χ0) is 19.9. The van der Waals surface area contributed by atoms with Crippen molar-refractivity contribution in [3.05, 3.63) is 75.2 Å². The molecule has 1 heterocycles. The topological polar surface area (TPSA) is 71.1 Å². The van der Waals surface area contributed by atoms with E-state index in [1.807, 2.05) is 29.6 Å². The second-order valence-corrected chi connectivity index (χ2v) is 7.56. The third kappa shape index (κ3) is 5.32. The van der Waals surface area contributed by atoms with Crippen LogP contribution in [0.5, 0.6) is 0 Å². The Bertz CT molecular complexity index is 991. The summed E-state index contributed by atoms with van der Waals surface area (Å²) in [6.07, 6.45) is 0.166. The number of aromatic nitrogens is 1. The van der Waals surface area contributed by atoms with Crippen LogP contribution in [-0.4, -0.2) is 29.9 Å². The summed E-state index contributed by atoms with van der Waals surface area (Å²) in [5.41, 5.74) is 1.94. The fourth-order valence-corrected chi connectivity index (χ4v) is 3.85. The van der Waals surface area contributed by atoms with E-state index in [-0.39, 0.29) is 18.2 Å². The highest BCUT2D eigenvalue weighted by Gasteiger charge is 2.12. The molecule has 5 nitrogen and oxygen atoms in total. The summed E-state index contributed by atoms with van der Waals surface area (Å²) in [5.74, 6) is -0.438. The smallest absolute Gasteiger partial charge is 0.252 e. The van der Waals surface area contributed by atoms with Gasteiger partial charge in [0.25, 0.3) is 5.91 Å². The third-order valence-electron chi connectivity index (χ3n) is 3.85. The van der Waals surface area contributed by atoms with Gasteiger partial charge in [-0.2, -0.15) is 0 Å². The second-order valence-electron chi connectivity index (χ2n) is 5.89. The Labute approximate surface area is 176 Å². The van der Waals surface area contributed by atoms with E-state index < -0.39 is 0 Å². The lowest BCUT2D eigenvalue weighted by molar-refractivity contribution is -0.120. The number of carbonyl (C=O) groups is 2. The van der Waals surface area contributed by atoms with Crippen LogP contribution in [0, 0.1) is 0 Å². The van der Waals surface area contributed by atoms with E-state index in [1.54, 1.807) is 24.3 Å². The molecule has 0 aliphatic heterocycles. The number of amides is 2. The minimum atomic E-state index is -0.274. The first-order chi connectivity index (χ1) is 13.5. The summed E-state index contributed by atoms with van der Waals surface area (Å²) in [4.78, 5) is 28.6. The summed E-state index contributed by atoms with van der Waals surface area (Å²) in [6.45, 7) is 0.619. The maximum Gasteiger partial charge on any atom is 0.252 e. The molecule has 8 heteroatoms. The Hall–Kier alpha value is -2.41. The molecule has 2 aromatic carbocycles. The SMILES string of the molecule is O=C(Cc1csc(-c2ccccc2Cl)n1)NCCNC(=O)c1ccccc1Cl. The van der Waals surface area contributed by atoms with Crippen LogP contribution < -0.4 is 10.6 Å². The monoisotopic (exact) mass is 433 g/mol. The molecule has 0 saturated carbocycles. The Morgan fingerprint density at radius 3 is 2.36 bits per heavy atom. The number of carbonyl (C=O) groups excluding carboxylic acids is 2. The van der Waals surface area contributed by atoms with Gasteiger partial charge in [0.1, 0.15) is 5.01 Å². The van der Waals surface area contributed by atoms with Crippen molar-refractivity contribution in [3.63, 3.8) is 0 Å². The molecule has 0 saturated heterocycles. The van der Waals surface area contributed by atoms with Crippen LogP contribution in [0.4, 0.5) is 0 Å². The molecule has 0 aliphatic carbocycles. The zero-order valence-electron chi connectivity index (χ0n) is 14.7. The molecule has 0 unspecified atom stereocenters. The van der Waals surface area contributed by atoms with Gasteiger partial charge in [-0.05, 0) is 18.2 Å². The summed E-state index contributed by atoms with van der Waals surface area (Å²) < 4.78 is 0. The normalized spacial score (nSPS) is 10.5. The van der Waals surface area contributed by atoms with E-state index in [2.05, 4.69) is 15.6 Å². The fraction of sp³-hybridized carbons (Fsp3) is 0.150. The van der Waals surface area contributed by atoms with Crippen LogP contribution in [0.15, 0.2) is 53.9 Å². The number of rotatable bonds is 7. The van der Waals surface area contributed by atoms with E-state index in [0.717, 1.165) is 10.6 Å². The highest BCUT2D eigenvalue weighted by molar-refractivity contribution is 7.13. The minimum absolute atomic E-state index is 0.164. The lowest BCUT2D eigenvalue weighted by atomic mass is 10.2. The number of benzene rings is 2. The molecular weight excluding hydrogens is 417 g/mol. The Morgan fingerprint density at radius 1 is 0.929 bits per heavy atom. The van der Waals surface area contributed by atoms with E-state index in [1.165, 1.54) is 11.3 Å². The van der Waals surface area contributed by atoms with Gasteiger partial charge >= 0.3 is 0 Å². The molecule has 0 radical (unpaired) electrons. The van der Waals surface area contributed by atoms with Crippen LogP contribution in [0.3, 0.4) is 0 Å². The number of halogens is 2. The third-order valence-corrected chi connectivity index (χ3v) is 5.43. The van der Waals surface area contributed by atoms with E-state index in [9.17, 15) is 9.59 Å². The van der Waals surface area contributed by atoms with Crippen LogP contribution >= 0.6 is 34.5 Å². The first-order valence-corrected chi connectivity index (χ1v) is 10.2. The van der Waals surface area contributed by atoms with Gasteiger partial charge in [-0.15, -0.1) is 11.3 Å². The van der Waals surface area contributed by atoms with Crippen LogP contribution in [0.2, 0.25) is 10.0 Å². The van der Waals surface area contributed by atoms with Gasteiger partial charge in [0.15, 0.2) is 0 Å². The van der Waals surface area contributed by atoms with Gasteiger partial charge in [-0.25, -0.2) is 4.98 Å². The van der Waals surface area contributed by atoms with Gasteiger partial charge in [0, 0.05) is 24.0 Å². The summed E-state index contributed by atoms with van der Waals surface area (Å²) >= 11 is 13.6. The van der Waals surface area contributed by atoms with Crippen molar-refractivity contribution in [1.29, 1.82) is 0 Å². The maximum atomic E-state index is 12.1. The van der Waals surface area contributed by atoms with Crippen LogP contribution in [0.25, 0.3) is 10.6 Å². The largest absolute Gasteiger partial charge is 0.354 e. The Balaban J connectivity index is 1.45. The number of thiazole rings is 1. The maximum absolute atomic E-state index is 12.1. The molecule has 0 atom stereocenters. The molecule has 144 valence electrons. The van der Waals surface area contributed by atoms with Crippen molar-refractivity contribution in [2.24, 2.45) is 0 Å². The summed E-state index contributed by atoms with van der Waals surface area (Å²) in [6, 6.07) is 14.3. The van der Waals surface area contributed by atoms with Crippen molar-refractivity contribution in [3.8, 4) is 10.6 Å². The molecule has 3 aromatic rings. The van der Waals surface area contributed by atoms with Crippen LogP contribution in [0.1, 0.15) is 16.1 Å². The number of hydrogen-bond acceptors (Lipinski definition) is 4. The Morgan fingerprint density at radius 2 is 1.61 bits per heavy atom. The molecule has 3 rings (SSSR count). The van der Waals surface area contributed by atoms with E-state index in [0.29, 0.717) is 34.4 Å². The van der Waals surface area contributed by atoms with Crippen molar-refractivity contribution >= 4 is 46.4 Å². The zero-order valence-corrected chi connectivity index (χ0v) is 17.1. The van der Waals surface area contributed by atoms with Crippen molar-refractivity contribution in [2.75, 3.05) is 13.1 Å². The van der Waals surface area contributed by atoms with Gasteiger partial charge < -0.3 is 10.6 Å². The summed E-state index contributed by atoms with van der Waals surface area (Å²) in [5, 5.41) is 9.13. The van der Waals surface area contributed by atoms with E-state index in [4.69, 9.17) is 23.2 Å². The highest BCUT2D eigenvalue weighted by atomic mass is 35.5. The average Bonchev–Trinajstić information content (AvgIpc) is 3.14. The first kappa shape index (κ1) is 20.3. The molecule has 2 amide bonds. The minimum Gasteiger partial charge on any atom is -0.354 e. The predicted molar refractivity (Wildman–Crippen MR) is 113 cm³/mol. The molecule has 28 heavy (non-hydrogen) atoms. The second kappa shape index (κ2) is 9.68. The summed E-state index contributed by atoms with van der Waals surface area (Å²) in [7, 11) is 0. The van der Waals surface area contributed by atoms with Gasteiger partial charge in [0.2, 0.25) is 5.91 Å². The molecule has 0 aliphatic rings. The average molecular weight is 434 g/mol. The van der Waals surface area contributed by atoms with Crippen molar-refractivity contribution in [1.82, 2.24) is 15.6 Å². The lowest BCUT2D eigenvalue weighted by Gasteiger charge is -2.07. The molecule has 0 spiro atoms. The predicted octanol–water partition coefficient (Wildman–Crippen LogP) is 4.21. The number of nitrogens with zero attached hydrogens (tertiary/aromatic N) is 1. The fourth-order valence-electron chi connectivity index (χ4n) is 2.49. The van der Waals surface area contributed by atoms with Gasteiger partial charge in [-0.1, -0.05) is 53.5 Å². The van der Waals surface area contributed by atoms with Gasteiger partial charge in [0.05, 0.1) is 27.7 Å². The molecule has 0 bridgehead atoms. The Kier molecular flexibility index (Phi) is 7.03. The molecule has 1 aromatic heterocycles. The standard InChI is InChI=1S/C20H17Cl2N3O2S/c21-16-7-3-1-5-14(16)19(27)24-10-9-23-18(26)11-13-12-28-20(25-13)15-6-2-4-8-17(15)22/h1-8,12H,9-11H2,(H,23,26)(H,24,27). The van der Waals surface area contributed by atoms with Crippen molar-refractivity contribution in [2.45, 2.75) is 6.42 Å². The van der Waals surface area contributed by atoms with Crippen LogP contribution in [-0.2, 0) is 11.2 Å². The highest BCUT2D eigenvalue weighted by Crippen LogP contribution is 2.30. The van der Waals surface area contributed by atoms with E-state index >= 15 is 0 Å².